The summed E-state index contributed by atoms with van der Waals surface area (Å²) in [6, 6.07) is 0. The Morgan fingerprint density at radius 3 is 3.00 bits per heavy atom. The average molecular weight is 270 g/mol. The van der Waals surface area contributed by atoms with E-state index in [0.717, 1.165) is 18.5 Å². The first-order valence-electron chi connectivity index (χ1n) is 6.47. The van der Waals surface area contributed by atoms with Gasteiger partial charge < -0.3 is 4.90 Å². The first-order chi connectivity index (χ1) is 8.58. The number of nitrogens with zero attached hydrogens (tertiary/aromatic N) is 3. The Hall–Kier alpha value is -0.870. The topological polar surface area (TPSA) is 38.1 Å². The number of likely N-dealkylation sites (tertiary alicyclic amines) is 1. The molecule has 0 saturated carbocycles. The van der Waals surface area contributed by atoms with E-state index in [2.05, 4.69) is 17.0 Å². The lowest BCUT2D eigenvalue weighted by atomic mass is 9.96. The summed E-state index contributed by atoms with van der Waals surface area (Å²) in [5, 5.41) is 4.39. The van der Waals surface area contributed by atoms with Crippen molar-refractivity contribution in [2.24, 2.45) is 13.0 Å². The van der Waals surface area contributed by atoms with Crippen LogP contribution in [-0.2, 0) is 13.5 Å². The molecule has 2 rings (SSSR count). The molecule has 1 aromatic rings. The second kappa shape index (κ2) is 5.85. The molecule has 0 bridgehead atoms. The standard InChI is InChI=1S/C13H20ClN3O/c1-16-6-4-3-5-10(9-16)7-11-8-15-17(2)13(18)12(11)14/h8,10H,3-7,9H2,1-2H3/t10-/m1/s1. The molecule has 1 aromatic heterocycles. The largest absolute Gasteiger partial charge is 0.306 e. The Balaban J connectivity index is 2.13. The lowest BCUT2D eigenvalue weighted by Crippen LogP contribution is -2.26. The molecule has 0 unspecified atom stereocenters. The van der Waals surface area contributed by atoms with Crippen molar-refractivity contribution in [3.05, 3.63) is 27.1 Å². The lowest BCUT2D eigenvalue weighted by molar-refractivity contribution is 0.298. The summed E-state index contributed by atoms with van der Waals surface area (Å²) in [6.45, 7) is 2.24. The zero-order valence-electron chi connectivity index (χ0n) is 11.0. The van der Waals surface area contributed by atoms with Gasteiger partial charge in [0.05, 0.1) is 6.20 Å². The maximum absolute atomic E-state index is 11.7. The highest BCUT2D eigenvalue weighted by Gasteiger charge is 2.18. The molecule has 1 atom stereocenters. The Kier molecular flexibility index (Phi) is 4.40. The minimum Gasteiger partial charge on any atom is -0.306 e. The van der Waals surface area contributed by atoms with Crippen molar-refractivity contribution >= 4 is 11.6 Å². The van der Waals surface area contributed by atoms with Crippen molar-refractivity contribution in [1.29, 1.82) is 0 Å². The van der Waals surface area contributed by atoms with Crippen molar-refractivity contribution in [1.82, 2.24) is 14.7 Å². The van der Waals surface area contributed by atoms with Gasteiger partial charge in [0.1, 0.15) is 5.02 Å². The van der Waals surface area contributed by atoms with Gasteiger partial charge in [-0.05, 0) is 44.3 Å². The van der Waals surface area contributed by atoms with Gasteiger partial charge in [-0.25, -0.2) is 4.68 Å². The quantitative estimate of drug-likeness (QED) is 0.820. The van der Waals surface area contributed by atoms with Crippen LogP contribution in [-0.4, -0.2) is 34.8 Å². The Bertz CT molecular complexity index is 472. The fourth-order valence-electron chi connectivity index (χ4n) is 2.60. The molecule has 18 heavy (non-hydrogen) atoms. The van der Waals surface area contributed by atoms with Crippen LogP contribution in [0.2, 0.25) is 5.02 Å². The molecule has 5 heteroatoms. The summed E-state index contributed by atoms with van der Waals surface area (Å²) in [4.78, 5) is 14.1. The summed E-state index contributed by atoms with van der Waals surface area (Å²) in [7, 11) is 3.78. The minimum atomic E-state index is -0.198. The van der Waals surface area contributed by atoms with Gasteiger partial charge in [-0.15, -0.1) is 0 Å². The molecule has 0 aromatic carbocycles. The van der Waals surface area contributed by atoms with Crippen LogP contribution in [0.1, 0.15) is 24.8 Å². The normalized spacial score (nSPS) is 21.8. The van der Waals surface area contributed by atoms with Crippen LogP contribution in [0.25, 0.3) is 0 Å². The highest BCUT2D eigenvalue weighted by atomic mass is 35.5. The third kappa shape index (κ3) is 3.12. The number of halogens is 1. The first kappa shape index (κ1) is 13.6. The third-order valence-electron chi connectivity index (χ3n) is 3.63. The van der Waals surface area contributed by atoms with Crippen molar-refractivity contribution in [3.8, 4) is 0 Å². The summed E-state index contributed by atoms with van der Waals surface area (Å²) >= 11 is 6.11. The molecule has 1 aliphatic heterocycles. The van der Waals surface area contributed by atoms with Gasteiger partial charge in [0.2, 0.25) is 0 Å². The fourth-order valence-corrected chi connectivity index (χ4v) is 2.85. The predicted molar refractivity (Wildman–Crippen MR) is 73.0 cm³/mol. The van der Waals surface area contributed by atoms with Gasteiger partial charge >= 0.3 is 0 Å². The van der Waals surface area contributed by atoms with Gasteiger partial charge in [0, 0.05) is 13.6 Å². The maximum Gasteiger partial charge on any atom is 0.285 e. The minimum absolute atomic E-state index is 0.198. The third-order valence-corrected chi connectivity index (χ3v) is 4.04. The van der Waals surface area contributed by atoms with E-state index in [-0.39, 0.29) is 5.56 Å². The molecule has 0 N–H and O–H groups in total. The van der Waals surface area contributed by atoms with Crippen molar-refractivity contribution < 1.29 is 0 Å². The lowest BCUT2D eigenvalue weighted by Gasteiger charge is -2.20. The number of aryl methyl sites for hydroxylation is 1. The fraction of sp³-hybridized carbons (Fsp3) is 0.692. The van der Waals surface area contributed by atoms with E-state index >= 15 is 0 Å². The second-order valence-corrected chi connectivity index (χ2v) is 5.62. The second-order valence-electron chi connectivity index (χ2n) is 5.24. The van der Waals surface area contributed by atoms with E-state index in [1.165, 1.54) is 30.5 Å². The average Bonchev–Trinajstić information content (AvgIpc) is 2.54. The first-order valence-corrected chi connectivity index (χ1v) is 6.85. The SMILES string of the molecule is CN1CCCC[C@H](Cc2cnn(C)c(=O)c2Cl)C1. The monoisotopic (exact) mass is 269 g/mol. The molecule has 1 fully saturated rings. The number of aromatic nitrogens is 2. The summed E-state index contributed by atoms with van der Waals surface area (Å²) in [6.07, 6.45) is 6.30. The molecule has 1 saturated heterocycles. The highest BCUT2D eigenvalue weighted by molar-refractivity contribution is 6.31. The van der Waals surface area contributed by atoms with Crippen LogP contribution in [0.5, 0.6) is 0 Å². The number of hydrogen-bond acceptors (Lipinski definition) is 3. The van der Waals surface area contributed by atoms with E-state index in [1.54, 1.807) is 13.2 Å². The van der Waals surface area contributed by atoms with Crippen LogP contribution in [0.3, 0.4) is 0 Å². The molecule has 100 valence electrons. The Morgan fingerprint density at radius 1 is 1.44 bits per heavy atom. The molecular formula is C13H20ClN3O. The number of rotatable bonds is 2. The van der Waals surface area contributed by atoms with Gasteiger partial charge in [-0.1, -0.05) is 18.0 Å². The van der Waals surface area contributed by atoms with E-state index < -0.39 is 0 Å². The zero-order chi connectivity index (χ0) is 13.1. The Labute approximate surface area is 113 Å². The van der Waals surface area contributed by atoms with Gasteiger partial charge in [-0.3, -0.25) is 4.79 Å². The molecule has 0 radical (unpaired) electrons. The van der Waals surface area contributed by atoms with E-state index in [9.17, 15) is 4.79 Å². The summed E-state index contributed by atoms with van der Waals surface area (Å²) in [5.41, 5.74) is 0.691. The van der Waals surface area contributed by atoms with Gasteiger partial charge in [0.15, 0.2) is 0 Å². The van der Waals surface area contributed by atoms with Crippen LogP contribution in [0.15, 0.2) is 11.0 Å². The highest BCUT2D eigenvalue weighted by Crippen LogP contribution is 2.21. The molecular weight excluding hydrogens is 250 g/mol. The van der Waals surface area contributed by atoms with Crippen molar-refractivity contribution in [3.63, 3.8) is 0 Å². The molecule has 2 heterocycles. The predicted octanol–water partition coefficient (Wildman–Crippen LogP) is 1.71. The van der Waals surface area contributed by atoms with Crippen LogP contribution < -0.4 is 5.56 Å². The zero-order valence-corrected chi connectivity index (χ0v) is 11.8. The van der Waals surface area contributed by atoms with Crippen molar-refractivity contribution in [2.45, 2.75) is 25.7 Å². The smallest absolute Gasteiger partial charge is 0.285 e. The van der Waals surface area contributed by atoms with Crippen LogP contribution >= 0.6 is 11.6 Å². The Morgan fingerprint density at radius 2 is 2.22 bits per heavy atom. The summed E-state index contributed by atoms with van der Waals surface area (Å²) < 4.78 is 1.28. The van der Waals surface area contributed by atoms with Crippen LogP contribution in [0, 0.1) is 5.92 Å². The van der Waals surface area contributed by atoms with Crippen molar-refractivity contribution in [2.75, 3.05) is 20.1 Å². The molecule has 0 spiro atoms. The molecule has 0 amide bonds. The molecule has 0 aliphatic carbocycles. The van der Waals surface area contributed by atoms with Gasteiger partial charge in [-0.2, -0.15) is 5.10 Å². The van der Waals surface area contributed by atoms with Crippen LogP contribution in [0.4, 0.5) is 0 Å². The van der Waals surface area contributed by atoms with Gasteiger partial charge in [0.25, 0.3) is 5.56 Å². The number of hydrogen-bond donors (Lipinski definition) is 0. The van der Waals surface area contributed by atoms with E-state index in [0.29, 0.717) is 10.9 Å². The molecule has 4 nitrogen and oxygen atoms in total. The van der Waals surface area contributed by atoms with E-state index in [4.69, 9.17) is 11.6 Å². The maximum atomic E-state index is 11.7. The van der Waals surface area contributed by atoms with E-state index in [1.807, 2.05) is 0 Å². The summed E-state index contributed by atoms with van der Waals surface area (Å²) in [5.74, 6) is 0.573. The molecule has 1 aliphatic rings.